The summed E-state index contributed by atoms with van der Waals surface area (Å²) in [6.07, 6.45) is 0. The van der Waals surface area contributed by atoms with Crippen molar-refractivity contribution >= 4 is 17.5 Å². The molecular formula is C16H20ClN3O. The number of carbonyl (C=O) groups is 1. The number of amides is 1. The second-order valence-corrected chi connectivity index (χ2v) is 5.65. The van der Waals surface area contributed by atoms with Gasteiger partial charge in [0, 0.05) is 34.7 Å². The van der Waals surface area contributed by atoms with Gasteiger partial charge < -0.3 is 15.6 Å². The van der Waals surface area contributed by atoms with E-state index in [1.807, 2.05) is 55.7 Å². The highest BCUT2D eigenvalue weighted by atomic mass is 35.5. The Hall–Kier alpha value is -1.78. The average Bonchev–Trinajstić information content (AvgIpc) is 2.74. The molecule has 0 aliphatic carbocycles. The number of hydrogen-bond donors (Lipinski definition) is 2. The summed E-state index contributed by atoms with van der Waals surface area (Å²) in [5.74, 6) is -0.102. The number of aromatic nitrogens is 1. The second kappa shape index (κ2) is 6.33. The molecule has 112 valence electrons. The molecule has 2 rings (SSSR count). The third-order valence-electron chi connectivity index (χ3n) is 3.47. The van der Waals surface area contributed by atoms with Crippen LogP contribution in [0.1, 0.15) is 28.7 Å². The van der Waals surface area contributed by atoms with Crippen molar-refractivity contribution in [1.82, 2.24) is 9.88 Å². The van der Waals surface area contributed by atoms with Crippen molar-refractivity contribution < 1.29 is 4.79 Å². The Morgan fingerprint density at radius 2 is 2.10 bits per heavy atom. The smallest absolute Gasteiger partial charge is 0.253 e. The molecule has 0 saturated heterocycles. The molecule has 0 radical (unpaired) electrons. The van der Waals surface area contributed by atoms with Crippen LogP contribution >= 0.6 is 11.6 Å². The van der Waals surface area contributed by atoms with Gasteiger partial charge in [0.1, 0.15) is 0 Å². The van der Waals surface area contributed by atoms with E-state index < -0.39 is 0 Å². The number of hydrogen-bond acceptors (Lipinski definition) is 2. The number of aryl methyl sites for hydroxylation is 1. The molecule has 1 aromatic heterocycles. The predicted octanol–water partition coefficient (Wildman–Crippen LogP) is 2.82. The topological polar surface area (TPSA) is 60.1 Å². The summed E-state index contributed by atoms with van der Waals surface area (Å²) in [5, 5.41) is 3.56. The molecule has 3 N–H and O–H groups in total. The van der Waals surface area contributed by atoms with Gasteiger partial charge in [0.05, 0.1) is 5.56 Å². The Morgan fingerprint density at radius 3 is 2.71 bits per heavy atom. The first-order valence-electron chi connectivity index (χ1n) is 6.90. The highest BCUT2D eigenvalue weighted by Crippen LogP contribution is 2.23. The van der Waals surface area contributed by atoms with E-state index in [2.05, 4.69) is 5.32 Å². The maximum absolute atomic E-state index is 12.3. The largest absolute Gasteiger partial charge is 0.348 e. The molecule has 1 amide bonds. The van der Waals surface area contributed by atoms with Crippen LogP contribution in [0.2, 0.25) is 5.02 Å². The highest BCUT2D eigenvalue weighted by molar-refractivity contribution is 6.30. The summed E-state index contributed by atoms with van der Waals surface area (Å²) in [7, 11) is 0. The molecular weight excluding hydrogens is 286 g/mol. The van der Waals surface area contributed by atoms with E-state index in [4.69, 9.17) is 17.3 Å². The van der Waals surface area contributed by atoms with Gasteiger partial charge in [0.2, 0.25) is 0 Å². The lowest BCUT2D eigenvalue weighted by molar-refractivity contribution is 0.0940. The third-order valence-corrected chi connectivity index (χ3v) is 3.71. The molecule has 0 spiro atoms. The van der Waals surface area contributed by atoms with Gasteiger partial charge >= 0.3 is 0 Å². The van der Waals surface area contributed by atoms with E-state index in [-0.39, 0.29) is 11.9 Å². The van der Waals surface area contributed by atoms with Crippen LogP contribution < -0.4 is 11.1 Å². The Morgan fingerprint density at radius 1 is 1.38 bits per heavy atom. The van der Waals surface area contributed by atoms with Gasteiger partial charge in [-0.25, -0.2) is 0 Å². The van der Waals surface area contributed by atoms with Gasteiger partial charge in [-0.2, -0.15) is 0 Å². The standard InChI is InChI=1S/C16H20ClN3O/c1-10(9-18)19-16(21)15-7-11(2)20(12(15)3)14-6-4-5-13(17)8-14/h4-8,10H,9,18H2,1-3H3,(H,19,21)/t10-/m0/s1. The van der Waals surface area contributed by atoms with Crippen molar-refractivity contribution in [2.24, 2.45) is 5.73 Å². The molecule has 5 heteroatoms. The van der Waals surface area contributed by atoms with Crippen LogP contribution in [0.5, 0.6) is 0 Å². The van der Waals surface area contributed by atoms with E-state index in [0.717, 1.165) is 17.1 Å². The third kappa shape index (κ3) is 3.28. The van der Waals surface area contributed by atoms with Crippen molar-refractivity contribution in [3.8, 4) is 5.69 Å². The highest BCUT2D eigenvalue weighted by Gasteiger charge is 2.17. The van der Waals surface area contributed by atoms with Crippen LogP contribution in [0.4, 0.5) is 0 Å². The molecule has 1 heterocycles. The summed E-state index contributed by atoms with van der Waals surface area (Å²) in [6.45, 7) is 6.19. The Balaban J connectivity index is 2.40. The van der Waals surface area contributed by atoms with Gasteiger partial charge in [-0.05, 0) is 45.0 Å². The van der Waals surface area contributed by atoms with Gasteiger partial charge in [0.25, 0.3) is 5.91 Å². The van der Waals surface area contributed by atoms with E-state index >= 15 is 0 Å². The van der Waals surface area contributed by atoms with Gasteiger partial charge in [0.15, 0.2) is 0 Å². The van der Waals surface area contributed by atoms with E-state index in [1.165, 1.54) is 0 Å². The minimum absolute atomic E-state index is 0.0493. The molecule has 0 bridgehead atoms. The van der Waals surface area contributed by atoms with E-state index in [1.54, 1.807) is 0 Å². The maximum atomic E-state index is 12.3. The predicted molar refractivity (Wildman–Crippen MR) is 86.2 cm³/mol. The lowest BCUT2D eigenvalue weighted by Crippen LogP contribution is -2.37. The SMILES string of the molecule is Cc1cc(C(=O)N[C@@H](C)CN)c(C)n1-c1cccc(Cl)c1. The zero-order valence-corrected chi connectivity index (χ0v) is 13.2. The number of nitrogens with one attached hydrogen (secondary N) is 1. The molecule has 0 aliphatic heterocycles. The average molecular weight is 306 g/mol. The van der Waals surface area contributed by atoms with Crippen LogP contribution in [-0.2, 0) is 0 Å². The minimum atomic E-state index is -0.102. The molecule has 1 atom stereocenters. The molecule has 0 unspecified atom stereocenters. The zero-order valence-electron chi connectivity index (χ0n) is 12.5. The quantitative estimate of drug-likeness (QED) is 0.912. The molecule has 0 saturated carbocycles. The van der Waals surface area contributed by atoms with E-state index in [9.17, 15) is 4.79 Å². The number of benzene rings is 1. The Kier molecular flexibility index (Phi) is 4.70. The fourth-order valence-electron chi connectivity index (χ4n) is 2.37. The first-order chi connectivity index (χ1) is 9.93. The summed E-state index contributed by atoms with van der Waals surface area (Å²) in [4.78, 5) is 12.3. The number of rotatable bonds is 4. The van der Waals surface area contributed by atoms with Crippen LogP contribution in [0, 0.1) is 13.8 Å². The fourth-order valence-corrected chi connectivity index (χ4v) is 2.55. The van der Waals surface area contributed by atoms with Gasteiger partial charge in [-0.1, -0.05) is 17.7 Å². The molecule has 21 heavy (non-hydrogen) atoms. The molecule has 0 fully saturated rings. The number of nitrogens with two attached hydrogens (primary N) is 1. The summed E-state index contributed by atoms with van der Waals surface area (Å²) >= 11 is 6.05. The summed E-state index contributed by atoms with van der Waals surface area (Å²) in [5.41, 5.74) is 9.02. The number of nitrogens with zero attached hydrogens (tertiary/aromatic N) is 1. The number of halogens is 1. The maximum Gasteiger partial charge on any atom is 0.253 e. The molecule has 4 nitrogen and oxygen atoms in total. The van der Waals surface area contributed by atoms with Crippen LogP contribution in [0.25, 0.3) is 5.69 Å². The number of carbonyl (C=O) groups excluding carboxylic acids is 1. The van der Waals surface area contributed by atoms with Crippen LogP contribution in [0.15, 0.2) is 30.3 Å². The summed E-state index contributed by atoms with van der Waals surface area (Å²) < 4.78 is 2.02. The molecule has 1 aromatic carbocycles. The van der Waals surface area contributed by atoms with Crippen LogP contribution in [0.3, 0.4) is 0 Å². The first kappa shape index (κ1) is 15.6. The lowest BCUT2D eigenvalue weighted by Gasteiger charge is -2.12. The van der Waals surface area contributed by atoms with Crippen molar-refractivity contribution in [3.05, 3.63) is 52.3 Å². The molecule has 2 aromatic rings. The van der Waals surface area contributed by atoms with Crippen LogP contribution in [-0.4, -0.2) is 23.1 Å². The van der Waals surface area contributed by atoms with Crippen molar-refractivity contribution in [1.29, 1.82) is 0 Å². The second-order valence-electron chi connectivity index (χ2n) is 5.21. The fraction of sp³-hybridized carbons (Fsp3) is 0.312. The molecule has 0 aliphatic rings. The lowest BCUT2D eigenvalue weighted by atomic mass is 10.2. The van der Waals surface area contributed by atoms with Crippen molar-refractivity contribution in [3.63, 3.8) is 0 Å². The zero-order chi connectivity index (χ0) is 15.6. The monoisotopic (exact) mass is 305 g/mol. The Labute approximate surface area is 129 Å². The normalized spacial score (nSPS) is 12.2. The minimum Gasteiger partial charge on any atom is -0.348 e. The van der Waals surface area contributed by atoms with Crippen molar-refractivity contribution in [2.45, 2.75) is 26.8 Å². The van der Waals surface area contributed by atoms with Crippen molar-refractivity contribution in [2.75, 3.05) is 6.54 Å². The van der Waals surface area contributed by atoms with E-state index in [0.29, 0.717) is 17.1 Å². The van der Waals surface area contributed by atoms with Gasteiger partial charge in [-0.3, -0.25) is 4.79 Å². The summed E-state index contributed by atoms with van der Waals surface area (Å²) in [6, 6.07) is 9.41. The first-order valence-corrected chi connectivity index (χ1v) is 7.27. The Bertz CT molecular complexity index is 664. The van der Waals surface area contributed by atoms with Gasteiger partial charge in [-0.15, -0.1) is 0 Å².